The first-order valence-corrected chi connectivity index (χ1v) is 10.7. The molecule has 2 aromatic heterocycles. The first-order chi connectivity index (χ1) is 15.7. The molecule has 0 aliphatic heterocycles. The van der Waals surface area contributed by atoms with Crippen molar-refractivity contribution in [2.75, 3.05) is 7.11 Å². The third kappa shape index (κ3) is 3.02. The number of ether oxygens (including phenoxy) is 1. The fourth-order valence-corrected chi connectivity index (χ4v) is 5.03. The number of carboxylic acid groups (broad SMARTS) is 1. The maximum atomic E-state index is 15.9. The van der Waals surface area contributed by atoms with E-state index in [2.05, 4.69) is 10.2 Å². The standard InChI is InChI=1S/C24H23F2N3O4/c1-11(2)22-18(13-8-24(32,9-13)23(30)31)19-16(6-12-10-27-28-21(12)20(19)26)29(22)14-4-5-15(25)17(7-14)33-3/h4-7,10-11,13,32H,8-9H2,1-3H3,(H,27,28)(H,30,31)/t13-,24+. The van der Waals surface area contributed by atoms with Crippen LogP contribution < -0.4 is 4.74 Å². The predicted octanol–water partition coefficient (Wildman–Crippen LogP) is 4.61. The van der Waals surface area contributed by atoms with Gasteiger partial charge in [0.15, 0.2) is 23.0 Å². The van der Waals surface area contributed by atoms with Gasteiger partial charge in [0.25, 0.3) is 0 Å². The van der Waals surface area contributed by atoms with Crippen LogP contribution >= 0.6 is 0 Å². The van der Waals surface area contributed by atoms with Gasteiger partial charge >= 0.3 is 5.97 Å². The molecule has 0 saturated heterocycles. The maximum absolute atomic E-state index is 15.9. The van der Waals surface area contributed by atoms with Crippen LogP contribution in [0.5, 0.6) is 5.75 Å². The summed E-state index contributed by atoms with van der Waals surface area (Å²) >= 11 is 0. The quantitative estimate of drug-likeness (QED) is 0.408. The van der Waals surface area contributed by atoms with Crippen LogP contribution in [0.1, 0.15) is 49.8 Å². The number of carboxylic acids is 1. The Balaban J connectivity index is 1.86. The van der Waals surface area contributed by atoms with Crippen molar-refractivity contribution in [1.29, 1.82) is 0 Å². The van der Waals surface area contributed by atoms with E-state index in [1.165, 1.54) is 19.4 Å². The van der Waals surface area contributed by atoms with E-state index in [1.54, 1.807) is 12.1 Å². The van der Waals surface area contributed by atoms with Gasteiger partial charge in [0.1, 0.15) is 5.52 Å². The summed E-state index contributed by atoms with van der Waals surface area (Å²) < 4.78 is 37.1. The van der Waals surface area contributed by atoms with Gasteiger partial charge in [-0.05, 0) is 48.4 Å². The van der Waals surface area contributed by atoms with Crippen molar-refractivity contribution < 1.29 is 28.5 Å². The summed E-state index contributed by atoms with van der Waals surface area (Å²) in [4.78, 5) is 11.5. The van der Waals surface area contributed by atoms with Gasteiger partial charge in [0.05, 0.1) is 18.8 Å². The Morgan fingerprint density at radius 2 is 2.03 bits per heavy atom. The van der Waals surface area contributed by atoms with Crippen molar-refractivity contribution in [3.05, 3.63) is 53.4 Å². The average Bonchev–Trinajstić information content (AvgIpc) is 3.35. The number of carbonyl (C=O) groups is 1. The highest BCUT2D eigenvalue weighted by Crippen LogP contribution is 2.51. The molecule has 0 radical (unpaired) electrons. The lowest BCUT2D eigenvalue weighted by atomic mass is 9.66. The monoisotopic (exact) mass is 455 g/mol. The van der Waals surface area contributed by atoms with E-state index in [4.69, 9.17) is 4.74 Å². The Morgan fingerprint density at radius 1 is 1.30 bits per heavy atom. The number of fused-ring (bicyclic) bond motifs is 2. The van der Waals surface area contributed by atoms with E-state index in [0.29, 0.717) is 27.5 Å². The first-order valence-electron chi connectivity index (χ1n) is 10.7. The molecular formula is C24H23F2N3O4. The Bertz CT molecular complexity index is 1420. The molecule has 1 fully saturated rings. The van der Waals surface area contributed by atoms with E-state index in [0.717, 1.165) is 5.69 Å². The fraction of sp³-hybridized carbons (Fsp3) is 0.333. The van der Waals surface area contributed by atoms with Crippen molar-refractivity contribution in [1.82, 2.24) is 14.8 Å². The molecule has 2 heterocycles. The van der Waals surface area contributed by atoms with Crippen LogP contribution in [0, 0.1) is 11.6 Å². The van der Waals surface area contributed by atoms with Crippen LogP contribution in [-0.4, -0.2) is 43.7 Å². The van der Waals surface area contributed by atoms with Gasteiger partial charge in [-0.3, -0.25) is 5.10 Å². The molecule has 1 saturated carbocycles. The number of hydrogen-bond acceptors (Lipinski definition) is 4. The fourth-order valence-electron chi connectivity index (χ4n) is 5.03. The van der Waals surface area contributed by atoms with Crippen molar-refractivity contribution in [2.45, 2.75) is 44.1 Å². The molecule has 1 aliphatic carbocycles. The van der Waals surface area contributed by atoms with Gasteiger partial charge in [0.2, 0.25) is 0 Å². The Labute approximate surface area is 187 Å². The van der Waals surface area contributed by atoms with Gasteiger partial charge < -0.3 is 19.5 Å². The summed E-state index contributed by atoms with van der Waals surface area (Å²) in [7, 11) is 1.38. The van der Waals surface area contributed by atoms with Gasteiger partial charge in [-0.1, -0.05) is 13.8 Å². The predicted molar refractivity (Wildman–Crippen MR) is 118 cm³/mol. The van der Waals surface area contributed by atoms with E-state index >= 15 is 4.39 Å². The normalized spacial score (nSPS) is 20.5. The minimum absolute atomic E-state index is 0.0195. The Morgan fingerprint density at radius 3 is 2.67 bits per heavy atom. The van der Waals surface area contributed by atoms with Crippen LogP contribution in [0.25, 0.3) is 27.5 Å². The van der Waals surface area contributed by atoms with Crippen molar-refractivity contribution in [2.24, 2.45) is 0 Å². The molecule has 4 aromatic rings. The SMILES string of the molecule is COc1cc(-n2c(C(C)C)c([C@H]3C[C@](O)(C(=O)O)C3)c3c(F)c4[nH]ncc4cc32)ccc1F. The summed E-state index contributed by atoms with van der Waals surface area (Å²) in [6.07, 6.45) is 1.49. The number of aromatic nitrogens is 3. The molecule has 2 aromatic carbocycles. The molecule has 7 nitrogen and oxygen atoms in total. The minimum Gasteiger partial charge on any atom is -0.494 e. The molecule has 5 rings (SSSR count). The molecule has 0 unspecified atom stereocenters. The molecule has 9 heteroatoms. The van der Waals surface area contributed by atoms with Crippen molar-refractivity contribution in [3.8, 4) is 11.4 Å². The number of nitrogens with one attached hydrogen (secondary N) is 1. The molecule has 0 bridgehead atoms. The highest BCUT2D eigenvalue weighted by Gasteiger charge is 2.51. The summed E-state index contributed by atoms with van der Waals surface area (Å²) in [5.41, 5.74) is 0.989. The van der Waals surface area contributed by atoms with Crippen molar-refractivity contribution >= 4 is 27.8 Å². The molecule has 0 spiro atoms. The zero-order chi connectivity index (χ0) is 23.7. The van der Waals surface area contributed by atoms with E-state index in [-0.39, 0.29) is 35.9 Å². The van der Waals surface area contributed by atoms with Gasteiger partial charge in [0, 0.05) is 28.2 Å². The molecule has 0 amide bonds. The number of hydrogen-bond donors (Lipinski definition) is 3. The van der Waals surface area contributed by atoms with Crippen LogP contribution in [0.4, 0.5) is 8.78 Å². The number of methoxy groups -OCH3 is 1. The summed E-state index contributed by atoms with van der Waals surface area (Å²) in [5.74, 6) is -2.68. The van der Waals surface area contributed by atoms with Crippen LogP contribution in [0.2, 0.25) is 0 Å². The number of rotatable bonds is 5. The number of aliphatic carboxylic acids is 1. The lowest BCUT2D eigenvalue weighted by Gasteiger charge is -2.41. The van der Waals surface area contributed by atoms with Crippen LogP contribution in [0.15, 0.2) is 30.5 Å². The molecule has 33 heavy (non-hydrogen) atoms. The van der Waals surface area contributed by atoms with E-state index in [9.17, 15) is 19.4 Å². The summed E-state index contributed by atoms with van der Waals surface area (Å²) in [5, 5.41) is 27.3. The molecule has 172 valence electrons. The van der Waals surface area contributed by atoms with Crippen molar-refractivity contribution in [3.63, 3.8) is 0 Å². The molecule has 1 aliphatic rings. The second-order valence-electron chi connectivity index (χ2n) is 8.97. The molecule has 0 atom stereocenters. The number of benzene rings is 2. The van der Waals surface area contributed by atoms with E-state index < -0.39 is 23.2 Å². The maximum Gasteiger partial charge on any atom is 0.335 e. The lowest BCUT2D eigenvalue weighted by Crippen LogP contribution is -2.49. The zero-order valence-electron chi connectivity index (χ0n) is 18.3. The second kappa shape index (κ2) is 7.28. The highest BCUT2D eigenvalue weighted by molar-refractivity contribution is 6.00. The summed E-state index contributed by atoms with van der Waals surface area (Å²) in [6.45, 7) is 3.92. The van der Waals surface area contributed by atoms with Gasteiger partial charge in [-0.15, -0.1) is 0 Å². The summed E-state index contributed by atoms with van der Waals surface area (Å²) in [6, 6.07) is 6.25. The minimum atomic E-state index is -1.83. The van der Waals surface area contributed by atoms with Gasteiger partial charge in [-0.25, -0.2) is 13.6 Å². The third-order valence-corrected chi connectivity index (χ3v) is 6.60. The number of aromatic amines is 1. The number of aliphatic hydroxyl groups is 1. The Hall–Kier alpha value is -3.46. The third-order valence-electron chi connectivity index (χ3n) is 6.60. The van der Waals surface area contributed by atoms with Crippen LogP contribution in [-0.2, 0) is 4.79 Å². The highest BCUT2D eigenvalue weighted by atomic mass is 19.1. The molecule has 3 N–H and O–H groups in total. The molecular weight excluding hydrogens is 432 g/mol. The van der Waals surface area contributed by atoms with Crippen LogP contribution in [0.3, 0.4) is 0 Å². The second-order valence-corrected chi connectivity index (χ2v) is 8.97. The smallest absolute Gasteiger partial charge is 0.335 e. The zero-order valence-corrected chi connectivity index (χ0v) is 18.3. The average molecular weight is 455 g/mol. The number of nitrogens with zero attached hydrogens (tertiary/aromatic N) is 2. The topological polar surface area (TPSA) is 100 Å². The Kier molecular flexibility index (Phi) is 4.72. The van der Waals surface area contributed by atoms with Gasteiger partial charge in [-0.2, -0.15) is 5.10 Å². The number of halogens is 2. The van der Waals surface area contributed by atoms with E-state index in [1.807, 2.05) is 24.5 Å². The largest absolute Gasteiger partial charge is 0.494 e. The number of H-pyrrole nitrogens is 1. The first kappa shape index (κ1) is 21.4. The lowest BCUT2D eigenvalue weighted by molar-refractivity contribution is -0.169.